The molecule has 4 nitrogen and oxygen atoms in total. The molecule has 0 radical (unpaired) electrons. The third-order valence-corrected chi connectivity index (χ3v) is 4.67. The minimum absolute atomic E-state index is 0.0230. The zero-order valence-corrected chi connectivity index (χ0v) is 12.2. The lowest BCUT2D eigenvalue weighted by molar-refractivity contribution is -0.130. The van der Waals surface area contributed by atoms with Gasteiger partial charge in [0.25, 0.3) is 0 Å². The van der Waals surface area contributed by atoms with Crippen LogP contribution >= 0.6 is 0 Å². The van der Waals surface area contributed by atoms with Crippen molar-refractivity contribution in [3.63, 3.8) is 0 Å². The Bertz CT molecular complexity index is 297. The van der Waals surface area contributed by atoms with Gasteiger partial charge in [-0.15, -0.1) is 0 Å². The molecular formula is C15H28N2O2. The van der Waals surface area contributed by atoms with E-state index in [2.05, 4.69) is 5.32 Å². The first-order valence-corrected chi connectivity index (χ1v) is 7.82. The van der Waals surface area contributed by atoms with Gasteiger partial charge in [0.15, 0.2) is 0 Å². The molecule has 0 heterocycles. The van der Waals surface area contributed by atoms with Crippen molar-refractivity contribution in [1.29, 1.82) is 0 Å². The molecule has 0 aromatic heterocycles. The molecule has 2 aliphatic rings. The van der Waals surface area contributed by atoms with Crippen molar-refractivity contribution < 1.29 is 9.90 Å². The Balaban J connectivity index is 1.73. The van der Waals surface area contributed by atoms with Crippen molar-refractivity contribution >= 4 is 5.91 Å². The Morgan fingerprint density at radius 1 is 1.32 bits per heavy atom. The summed E-state index contributed by atoms with van der Waals surface area (Å²) in [4.78, 5) is 14.1. The van der Waals surface area contributed by atoms with Gasteiger partial charge < -0.3 is 15.3 Å². The van der Waals surface area contributed by atoms with E-state index in [1.165, 1.54) is 32.1 Å². The van der Waals surface area contributed by atoms with Crippen molar-refractivity contribution in [3.05, 3.63) is 0 Å². The number of hydrogen-bond acceptors (Lipinski definition) is 3. The third-order valence-electron chi connectivity index (χ3n) is 4.67. The van der Waals surface area contributed by atoms with E-state index in [1.807, 2.05) is 11.8 Å². The summed E-state index contributed by atoms with van der Waals surface area (Å²) in [5.74, 6) is 0.217. The number of carbonyl (C=O) groups is 1. The summed E-state index contributed by atoms with van der Waals surface area (Å²) >= 11 is 0. The molecule has 0 aliphatic heterocycles. The Morgan fingerprint density at radius 2 is 2.00 bits per heavy atom. The maximum atomic E-state index is 12.1. The third kappa shape index (κ3) is 3.93. The van der Waals surface area contributed by atoms with Gasteiger partial charge in [0.2, 0.25) is 5.91 Å². The zero-order valence-electron chi connectivity index (χ0n) is 12.2. The van der Waals surface area contributed by atoms with E-state index >= 15 is 0 Å². The number of likely N-dealkylation sites (N-methyl/N-ethyl adjacent to an activating group) is 1. The molecule has 0 bridgehead atoms. The van der Waals surface area contributed by atoms with Gasteiger partial charge in [-0.3, -0.25) is 4.79 Å². The largest absolute Gasteiger partial charge is 0.396 e. The van der Waals surface area contributed by atoms with Crippen molar-refractivity contribution in [3.8, 4) is 0 Å². The smallest absolute Gasteiger partial charge is 0.236 e. The second kappa shape index (κ2) is 6.71. The Labute approximate surface area is 116 Å². The highest BCUT2D eigenvalue weighted by molar-refractivity contribution is 5.78. The van der Waals surface area contributed by atoms with E-state index in [4.69, 9.17) is 0 Å². The fourth-order valence-electron chi connectivity index (χ4n) is 3.25. The molecule has 0 spiro atoms. The predicted molar refractivity (Wildman–Crippen MR) is 75.9 cm³/mol. The topological polar surface area (TPSA) is 52.6 Å². The summed E-state index contributed by atoms with van der Waals surface area (Å²) < 4.78 is 0. The first kappa shape index (κ1) is 14.8. The van der Waals surface area contributed by atoms with Crippen LogP contribution in [0, 0.1) is 5.41 Å². The van der Waals surface area contributed by atoms with Gasteiger partial charge in [-0.25, -0.2) is 0 Å². The second-order valence-electron chi connectivity index (χ2n) is 6.23. The SMILES string of the molecule is CCN(C(=O)CNCC1(CO)CCCCC1)C1CC1. The van der Waals surface area contributed by atoms with Crippen LogP contribution in [0.1, 0.15) is 51.9 Å². The first-order valence-electron chi connectivity index (χ1n) is 7.82. The second-order valence-corrected chi connectivity index (χ2v) is 6.23. The number of hydrogen-bond donors (Lipinski definition) is 2. The molecule has 4 heteroatoms. The summed E-state index contributed by atoms with van der Waals surface area (Å²) in [5.41, 5.74) is 0.0230. The monoisotopic (exact) mass is 268 g/mol. The summed E-state index contributed by atoms with van der Waals surface area (Å²) in [6.45, 7) is 4.31. The minimum Gasteiger partial charge on any atom is -0.396 e. The molecule has 2 saturated carbocycles. The first-order chi connectivity index (χ1) is 9.21. The molecular weight excluding hydrogens is 240 g/mol. The van der Waals surface area contributed by atoms with Crippen molar-refractivity contribution in [2.24, 2.45) is 5.41 Å². The van der Waals surface area contributed by atoms with Crippen LogP contribution in [0.2, 0.25) is 0 Å². The highest BCUT2D eigenvalue weighted by Crippen LogP contribution is 2.35. The number of rotatable bonds is 7. The number of carbonyl (C=O) groups excluding carboxylic acids is 1. The summed E-state index contributed by atoms with van der Waals surface area (Å²) in [6.07, 6.45) is 8.21. The highest BCUT2D eigenvalue weighted by Gasteiger charge is 2.33. The lowest BCUT2D eigenvalue weighted by Gasteiger charge is -2.36. The van der Waals surface area contributed by atoms with Gasteiger partial charge in [-0.1, -0.05) is 19.3 Å². The van der Waals surface area contributed by atoms with Crippen LogP contribution in [0.5, 0.6) is 0 Å². The molecule has 0 aromatic rings. The van der Waals surface area contributed by atoms with E-state index in [0.29, 0.717) is 12.6 Å². The van der Waals surface area contributed by atoms with Crippen LogP contribution in [-0.2, 0) is 4.79 Å². The summed E-state index contributed by atoms with van der Waals surface area (Å²) in [5, 5.41) is 12.9. The molecule has 2 fully saturated rings. The predicted octanol–water partition coefficient (Wildman–Crippen LogP) is 1.53. The van der Waals surface area contributed by atoms with Gasteiger partial charge in [0, 0.05) is 31.2 Å². The van der Waals surface area contributed by atoms with Crippen LogP contribution in [0.4, 0.5) is 0 Å². The molecule has 0 unspecified atom stereocenters. The van der Waals surface area contributed by atoms with Crippen molar-refractivity contribution in [1.82, 2.24) is 10.2 Å². The molecule has 1 amide bonds. The summed E-state index contributed by atoms with van der Waals surface area (Å²) in [7, 11) is 0. The van der Waals surface area contributed by atoms with Crippen LogP contribution in [-0.4, -0.2) is 48.2 Å². The van der Waals surface area contributed by atoms with Gasteiger partial charge in [-0.05, 0) is 32.6 Å². The van der Waals surface area contributed by atoms with Gasteiger partial charge in [0.05, 0.1) is 6.54 Å². The number of aliphatic hydroxyl groups excluding tert-OH is 1. The van der Waals surface area contributed by atoms with Crippen molar-refractivity contribution in [2.45, 2.75) is 57.9 Å². The van der Waals surface area contributed by atoms with Crippen LogP contribution in [0.15, 0.2) is 0 Å². The number of nitrogens with zero attached hydrogens (tertiary/aromatic N) is 1. The van der Waals surface area contributed by atoms with Gasteiger partial charge in [0.1, 0.15) is 0 Å². The average molecular weight is 268 g/mol. The number of nitrogens with one attached hydrogen (secondary N) is 1. The van der Waals surface area contributed by atoms with E-state index in [-0.39, 0.29) is 17.9 Å². The molecule has 19 heavy (non-hydrogen) atoms. The Hall–Kier alpha value is -0.610. The van der Waals surface area contributed by atoms with E-state index in [0.717, 1.165) is 25.9 Å². The zero-order chi connectivity index (χ0) is 13.7. The normalized spacial score (nSPS) is 22.2. The molecule has 0 saturated heterocycles. The fraction of sp³-hybridized carbons (Fsp3) is 0.933. The Kier molecular flexibility index (Phi) is 5.22. The van der Waals surface area contributed by atoms with E-state index < -0.39 is 0 Å². The number of aliphatic hydroxyl groups is 1. The van der Waals surface area contributed by atoms with Crippen LogP contribution < -0.4 is 5.32 Å². The van der Waals surface area contributed by atoms with Crippen LogP contribution in [0.3, 0.4) is 0 Å². The standard InChI is InChI=1S/C15H28N2O2/c1-2-17(13-6-7-13)14(19)10-16-11-15(12-18)8-4-3-5-9-15/h13,16,18H,2-12H2,1H3. The minimum atomic E-state index is 0.0230. The van der Waals surface area contributed by atoms with E-state index in [1.54, 1.807) is 0 Å². The lowest BCUT2D eigenvalue weighted by Crippen LogP contribution is -2.44. The van der Waals surface area contributed by atoms with Gasteiger partial charge in [-0.2, -0.15) is 0 Å². The molecule has 2 rings (SSSR count). The van der Waals surface area contributed by atoms with Crippen molar-refractivity contribution in [2.75, 3.05) is 26.2 Å². The van der Waals surface area contributed by atoms with E-state index in [9.17, 15) is 9.90 Å². The highest BCUT2D eigenvalue weighted by atomic mass is 16.3. The van der Waals surface area contributed by atoms with Crippen LogP contribution in [0.25, 0.3) is 0 Å². The summed E-state index contributed by atoms with van der Waals surface area (Å²) in [6, 6.07) is 0.501. The molecule has 110 valence electrons. The number of amides is 1. The molecule has 2 aliphatic carbocycles. The maximum Gasteiger partial charge on any atom is 0.236 e. The quantitative estimate of drug-likeness (QED) is 0.736. The Morgan fingerprint density at radius 3 is 2.53 bits per heavy atom. The molecule has 0 aromatic carbocycles. The molecule has 0 atom stereocenters. The fourth-order valence-corrected chi connectivity index (χ4v) is 3.25. The average Bonchev–Trinajstić information content (AvgIpc) is 3.25. The molecule has 2 N–H and O–H groups in total. The van der Waals surface area contributed by atoms with Gasteiger partial charge >= 0.3 is 0 Å². The maximum absolute atomic E-state index is 12.1. The lowest BCUT2D eigenvalue weighted by atomic mass is 9.74.